The average Bonchev–Trinajstić information content (AvgIpc) is 2.18. The van der Waals surface area contributed by atoms with Crippen LogP contribution in [0.3, 0.4) is 0 Å². The lowest BCUT2D eigenvalue weighted by Crippen LogP contribution is -1.99. The molecule has 0 unspecified atom stereocenters. The van der Waals surface area contributed by atoms with Crippen molar-refractivity contribution in [2.24, 2.45) is 4.40 Å². The van der Waals surface area contributed by atoms with Crippen LogP contribution in [0.15, 0.2) is 33.6 Å². The molecule has 0 radical (unpaired) electrons. The van der Waals surface area contributed by atoms with Crippen molar-refractivity contribution in [1.29, 1.82) is 0 Å². The second-order valence-electron chi connectivity index (χ2n) is 2.74. The Morgan fingerprint density at radius 1 is 1.40 bits per heavy atom. The molecule has 0 fully saturated rings. The Morgan fingerprint density at radius 2 is 2.07 bits per heavy atom. The number of carbonyl (C=O) groups is 1. The van der Waals surface area contributed by atoms with Crippen LogP contribution in [0, 0.1) is 0 Å². The van der Waals surface area contributed by atoms with Gasteiger partial charge in [-0.1, -0.05) is 16.5 Å². The molecule has 78 valence electrons. The Morgan fingerprint density at radius 3 is 2.60 bits per heavy atom. The summed E-state index contributed by atoms with van der Waals surface area (Å²) < 4.78 is 25.2. The van der Waals surface area contributed by atoms with Gasteiger partial charge in [-0.05, 0) is 19.1 Å². The number of rotatable bonds is 3. The first-order chi connectivity index (χ1) is 6.97. The number of sulfonamides is 1. The molecule has 1 aromatic carbocycles. The first-order valence-corrected chi connectivity index (χ1v) is 5.36. The van der Waals surface area contributed by atoms with E-state index in [-0.39, 0.29) is 16.2 Å². The van der Waals surface area contributed by atoms with Crippen molar-refractivity contribution < 1.29 is 18.0 Å². The van der Waals surface area contributed by atoms with E-state index in [1.807, 2.05) is 0 Å². The molecular formula is C9H7NO4S. The number of ketones is 1. The molecule has 0 spiro atoms. The molecule has 0 saturated heterocycles. The average molecular weight is 225 g/mol. The number of nitrogens with zero attached hydrogens (tertiary/aromatic N) is 1. The molecule has 0 atom stereocenters. The lowest BCUT2D eigenvalue weighted by Gasteiger charge is -1.98. The second-order valence-corrected chi connectivity index (χ2v) is 4.35. The van der Waals surface area contributed by atoms with Crippen LogP contribution in [-0.2, 0) is 14.8 Å². The zero-order valence-corrected chi connectivity index (χ0v) is 8.61. The second kappa shape index (κ2) is 4.16. The zero-order chi connectivity index (χ0) is 11.5. The Labute approximate surface area is 86.5 Å². The molecule has 0 amide bonds. The third kappa shape index (κ3) is 2.59. The van der Waals surface area contributed by atoms with Gasteiger partial charge in [0.2, 0.25) is 0 Å². The summed E-state index contributed by atoms with van der Waals surface area (Å²) in [6.45, 7) is 1.31. The minimum absolute atomic E-state index is 0.196. The number of isocyanates is 1. The molecule has 0 N–H and O–H groups in total. The van der Waals surface area contributed by atoms with E-state index in [1.165, 1.54) is 31.2 Å². The molecule has 0 heterocycles. The highest BCUT2D eigenvalue weighted by molar-refractivity contribution is 7.90. The van der Waals surface area contributed by atoms with E-state index in [9.17, 15) is 18.0 Å². The Balaban J connectivity index is 3.34. The molecule has 0 aromatic heterocycles. The SMILES string of the molecule is CC(=O)c1cccc(S(=O)(=O)N=C=O)c1. The van der Waals surface area contributed by atoms with Crippen molar-refractivity contribution in [2.45, 2.75) is 11.8 Å². The Kier molecular flexibility index (Phi) is 3.14. The molecule has 0 aliphatic rings. The summed E-state index contributed by atoms with van der Waals surface area (Å²) in [6, 6.07) is 5.30. The largest absolute Gasteiger partial charge is 0.295 e. The van der Waals surface area contributed by atoms with Gasteiger partial charge >= 0.3 is 0 Å². The monoisotopic (exact) mass is 225 g/mol. The number of hydrogen-bond donors (Lipinski definition) is 0. The molecule has 0 saturated carbocycles. The maximum Gasteiger partial charge on any atom is 0.292 e. The van der Waals surface area contributed by atoms with Crippen LogP contribution in [-0.4, -0.2) is 20.3 Å². The quantitative estimate of drug-likeness (QED) is 0.435. The standard InChI is InChI=1S/C9H7NO4S/c1-7(12)8-3-2-4-9(5-8)15(13,14)10-6-11/h2-5H,1H3. The summed E-state index contributed by atoms with van der Waals surface area (Å²) in [5.41, 5.74) is 0.247. The van der Waals surface area contributed by atoms with Crippen LogP contribution in [0.5, 0.6) is 0 Å². The summed E-state index contributed by atoms with van der Waals surface area (Å²) in [4.78, 5) is 20.7. The van der Waals surface area contributed by atoms with Gasteiger partial charge in [-0.25, -0.2) is 4.79 Å². The number of hydrogen-bond acceptors (Lipinski definition) is 4. The molecule has 0 aliphatic carbocycles. The highest BCUT2D eigenvalue weighted by Gasteiger charge is 2.13. The van der Waals surface area contributed by atoms with Gasteiger partial charge in [-0.3, -0.25) is 4.79 Å². The van der Waals surface area contributed by atoms with Gasteiger partial charge in [0.05, 0.1) is 4.90 Å². The minimum atomic E-state index is -4.02. The molecule has 15 heavy (non-hydrogen) atoms. The first-order valence-electron chi connectivity index (χ1n) is 3.92. The van der Waals surface area contributed by atoms with E-state index in [0.29, 0.717) is 0 Å². The highest BCUT2D eigenvalue weighted by Crippen LogP contribution is 2.13. The maximum absolute atomic E-state index is 11.3. The van der Waals surface area contributed by atoms with Crippen LogP contribution in [0.1, 0.15) is 17.3 Å². The van der Waals surface area contributed by atoms with Crippen LogP contribution in [0.2, 0.25) is 0 Å². The van der Waals surface area contributed by atoms with E-state index in [4.69, 9.17) is 0 Å². The summed E-state index contributed by atoms with van der Waals surface area (Å²) in [7, 11) is -4.02. The fourth-order valence-electron chi connectivity index (χ4n) is 0.977. The molecule has 1 rings (SSSR count). The number of Topliss-reactive ketones (excluding diaryl/α,β-unsaturated/α-hetero) is 1. The van der Waals surface area contributed by atoms with Crippen molar-refractivity contribution in [3.05, 3.63) is 29.8 Å². The highest BCUT2D eigenvalue weighted by atomic mass is 32.2. The van der Waals surface area contributed by atoms with Crippen molar-refractivity contribution in [3.8, 4) is 0 Å². The third-order valence-corrected chi connectivity index (χ3v) is 2.86. The Hall–Kier alpha value is -1.78. The molecule has 5 nitrogen and oxygen atoms in total. The summed E-state index contributed by atoms with van der Waals surface area (Å²) in [5.74, 6) is -0.262. The normalized spacial score (nSPS) is 10.5. The van der Waals surface area contributed by atoms with Crippen molar-refractivity contribution in [2.75, 3.05) is 0 Å². The molecule has 0 aliphatic heterocycles. The third-order valence-electron chi connectivity index (χ3n) is 1.70. The van der Waals surface area contributed by atoms with E-state index in [2.05, 4.69) is 4.40 Å². The summed E-state index contributed by atoms with van der Waals surface area (Å²) in [5, 5.41) is 0. The van der Waals surface area contributed by atoms with Crippen molar-refractivity contribution in [1.82, 2.24) is 0 Å². The van der Waals surface area contributed by atoms with E-state index < -0.39 is 10.0 Å². The fraction of sp³-hybridized carbons (Fsp3) is 0.111. The van der Waals surface area contributed by atoms with Crippen molar-refractivity contribution >= 4 is 21.9 Å². The Bertz CT molecular complexity index is 541. The smallest absolute Gasteiger partial charge is 0.292 e. The lowest BCUT2D eigenvalue weighted by atomic mass is 10.2. The maximum atomic E-state index is 11.3. The van der Waals surface area contributed by atoms with Gasteiger partial charge in [-0.15, -0.1) is 0 Å². The summed E-state index contributed by atoms with van der Waals surface area (Å²) in [6.07, 6.45) is 0.957. The van der Waals surface area contributed by atoms with Crippen LogP contribution in [0.25, 0.3) is 0 Å². The van der Waals surface area contributed by atoms with Gasteiger partial charge in [0.15, 0.2) is 5.78 Å². The van der Waals surface area contributed by atoms with Crippen molar-refractivity contribution in [3.63, 3.8) is 0 Å². The van der Waals surface area contributed by atoms with Gasteiger partial charge in [0, 0.05) is 5.56 Å². The molecule has 0 bridgehead atoms. The predicted octanol–water partition coefficient (Wildman–Crippen LogP) is 0.914. The number of benzene rings is 1. The summed E-state index contributed by atoms with van der Waals surface area (Å²) >= 11 is 0. The van der Waals surface area contributed by atoms with Gasteiger partial charge in [-0.2, -0.15) is 8.42 Å². The van der Waals surface area contributed by atoms with E-state index in [0.717, 1.165) is 6.08 Å². The van der Waals surface area contributed by atoms with E-state index in [1.54, 1.807) is 0 Å². The van der Waals surface area contributed by atoms with Gasteiger partial charge < -0.3 is 0 Å². The molecule has 6 heteroatoms. The van der Waals surface area contributed by atoms with Crippen LogP contribution < -0.4 is 0 Å². The fourth-order valence-corrected chi connectivity index (χ4v) is 1.71. The zero-order valence-electron chi connectivity index (χ0n) is 7.80. The van der Waals surface area contributed by atoms with Crippen LogP contribution in [0.4, 0.5) is 0 Å². The molecule has 1 aromatic rings. The van der Waals surface area contributed by atoms with Gasteiger partial charge in [0.1, 0.15) is 0 Å². The van der Waals surface area contributed by atoms with Crippen LogP contribution >= 0.6 is 0 Å². The lowest BCUT2D eigenvalue weighted by molar-refractivity contribution is 0.101. The topological polar surface area (TPSA) is 80.6 Å². The van der Waals surface area contributed by atoms with Gasteiger partial charge in [0.25, 0.3) is 16.1 Å². The van der Waals surface area contributed by atoms with E-state index >= 15 is 0 Å². The molecular weight excluding hydrogens is 218 g/mol. The predicted molar refractivity (Wildman–Crippen MR) is 51.8 cm³/mol. The first kappa shape index (κ1) is 11.3. The number of carbonyl (C=O) groups excluding carboxylic acids is 2. The minimum Gasteiger partial charge on any atom is -0.295 e.